The zero-order valence-electron chi connectivity index (χ0n) is 11.8. The predicted molar refractivity (Wildman–Crippen MR) is 80.9 cm³/mol. The fourth-order valence-corrected chi connectivity index (χ4v) is 2.25. The summed E-state index contributed by atoms with van der Waals surface area (Å²) in [6.07, 6.45) is 4.73. The molecule has 0 saturated carbocycles. The molecule has 4 nitrogen and oxygen atoms in total. The van der Waals surface area contributed by atoms with Crippen LogP contribution in [0.15, 0.2) is 30.7 Å². The molecule has 0 aliphatic rings. The van der Waals surface area contributed by atoms with Gasteiger partial charge in [0.15, 0.2) is 0 Å². The molecule has 0 bridgehead atoms. The van der Waals surface area contributed by atoms with Crippen LogP contribution in [0.5, 0.6) is 5.75 Å². The standard InChI is InChI=1S/C15H20ClN3O/c1-3-6-19-10-18-8-13(19)9-20-15-5-4-12(16)7-14(15)11(2)17/h4-5,7-8,10-11H,3,6,9,17H2,1-2H3/t11-/m0/s1. The number of halogens is 1. The number of nitrogens with zero attached hydrogens (tertiary/aromatic N) is 2. The molecule has 0 saturated heterocycles. The van der Waals surface area contributed by atoms with Crippen LogP contribution in [0.1, 0.15) is 37.6 Å². The minimum Gasteiger partial charge on any atom is -0.487 e. The van der Waals surface area contributed by atoms with Crippen LogP contribution in [0.2, 0.25) is 5.02 Å². The number of aryl methyl sites for hydroxylation is 1. The van der Waals surface area contributed by atoms with Crippen molar-refractivity contribution in [2.24, 2.45) is 5.73 Å². The Hall–Kier alpha value is -1.52. The minimum atomic E-state index is -0.121. The van der Waals surface area contributed by atoms with Gasteiger partial charge in [0.25, 0.3) is 0 Å². The van der Waals surface area contributed by atoms with E-state index >= 15 is 0 Å². The molecular formula is C15H20ClN3O. The van der Waals surface area contributed by atoms with Gasteiger partial charge in [0, 0.05) is 23.2 Å². The zero-order chi connectivity index (χ0) is 14.5. The van der Waals surface area contributed by atoms with Crippen LogP contribution in [0.3, 0.4) is 0 Å². The van der Waals surface area contributed by atoms with E-state index in [2.05, 4.69) is 16.5 Å². The Morgan fingerprint density at radius 2 is 2.25 bits per heavy atom. The number of rotatable bonds is 6. The van der Waals surface area contributed by atoms with Crippen LogP contribution >= 0.6 is 11.6 Å². The first-order valence-corrected chi connectivity index (χ1v) is 7.16. The molecular weight excluding hydrogens is 274 g/mol. The second-order valence-electron chi connectivity index (χ2n) is 4.84. The van der Waals surface area contributed by atoms with Crippen molar-refractivity contribution < 1.29 is 4.74 Å². The number of nitrogens with two attached hydrogens (primary N) is 1. The second kappa shape index (κ2) is 6.77. The van der Waals surface area contributed by atoms with Crippen LogP contribution < -0.4 is 10.5 Å². The van der Waals surface area contributed by atoms with Gasteiger partial charge in [-0.25, -0.2) is 4.98 Å². The van der Waals surface area contributed by atoms with Crippen molar-refractivity contribution in [1.29, 1.82) is 0 Å². The molecule has 1 aromatic carbocycles. The van der Waals surface area contributed by atoms with E-state index in [4.69, 9.17) is 22.1 Å². The number of hydrogen-bond acceptors (Lipinski definition) is 3. The molecule has 2 N–H and O–H groups in total. The third kappa shape index (κ3) is 3.52. The lowest BCUT2D eigenvalue weighted by molar-refractivity contribution is 0.290. The highest BCUT2D eigenvalue weighted by atomic mass is 35.5. The first kappa shape index (κ1) is 14.9. The molecule has 1 heterocycles. The van der Waals surface area contributed by atoms with E-state index in [0.717, 1.165) is 30.0 Å². The Kier molecular flexibility index (Phi) is 5.04. The Labute approximate surface area is 124 Å². The van der Waals surface area contributed by atoms with Gasteiger partial charge in [-0.1, -0.05) is 18.5 Å². The summed E-state index contributed by atoms with van der Waals surface area (Å²) >= 11 is 6.00. The van der Waals surface area contributed by atoms with E-state index in [9.17, 15) is 0 Å². The van der Waals surface area contributed by atoms with Gasteiger partial charge in [0.05, 0.1) is 18.2 Å². The third-order valence-electron chi connectivity index (χ3n) is 3.10. The van der Waals surface area contributed by atoms with Crippen LogP contribution in [0, 0.1) is 0 Å². The van der Waals surface area contributed by atoms with Gasteiger partial charge >= 0.3 is 0 Å². The van der Waals surface area contributed by atoms with Crippen molar-refractivity contribution >= 4 is 11.6 Å². The number of benzene rings is 1. The van der Waals surface area contributed by atoms with E-state index in [1.807, 2.05) is 37.6 Å². The summed E-state index contributed by atoms with van der Waals surface area (Å²) in [6, 6.07) is 5.41. The van der Waals surface area contributed by atoms with E-state index in [1.54, 1.807) is 0 Å². The summed E-state index contributed by atoms with van der Waals surface area (Å²) < 4.78 is 7.98. The summed E-state index contributed by atoms with van der Waals surface area (Å²) in [7, 11) is 0. The topological polar surface area (TPSA) is 53.1 Å². The molecule has 0 aliphatic carbocycles. The van der Waals surface area contributed by atoms with Crippen molar-refractivity contribution in [3.05, 3.63) is 47.0 Å². The minimum absolute atomic E-state index is 0.121. The lowest BCUT2D eigenvalue weighted by Gasteiger charge is -2.15. The number of hydrogen-bond donors (Lipinski definition) is 1. The molecule has 0 fully saturated rings. The van der Waals surface area contributed by atoms with Gasteiger partial charge < -0.3 is 15.0 Å². The second-order valence-corrected chi connectivity index (χ2v) is 5.27. The van der Waals surface area contributed by atoms with E-state index < -0.39 is 0 Å². The zero-order valence-corrected chi connectivity index (χ0v) is 12.6. The Balaban J connectivity index is 2.12. The molecule has 5 heteroatoms. The van der Waals surface area contributed by atoms with Gasteiger partial charge in [0.1, 0.15) is 12.4 Å². The monoisotopic (exact) mass is 293 g/mol. The molecule has 1 atom stereocenters. The van der Waals surface area contributed by atoms with Crippen LogP contribution in [-0.2, 0) is 13.2 Å². The van der Waals surface area contributed by atoms with Gasteiger partial charge in [-0.05, 0) is 31.5 Å². The first-order chi connectivity index (χ1) is 9.61. The predicted octanol–water partition coefficient (Wildman–Crippen LogP) is 3.55. The Morgan fingerprint density at radius 1 is 1.45 bits per heavy atom. The number of aromatic nitrogens is 2. The fraction of sp³-hybridized carbons (Fsp3) is 0.400. The maximum absolute atomic E-state index is 6.00. The van der Waals surface area contributed by atoms with Crippen molar-refractivity contribution in [1.82, 2.24) is 9.55 Å². The maximum atomic E-state index is 6.00. The largest absolute Gasteiger partial charge is 0.487 e. The van der Waals surface area contributed by atoms with Crippen LogP contribution in [-0.4, -0.2) is 9.55 Å². The van der Waals surface area contributed by atoms with Crippen molar-refractivity contribution in [3.63, 3.8) is 0 Å². The van der Waals surface area contributed by atoms with Crippen molar-refractivity contribution in [3.8, 4) is 5.75 Å². The van der Waals surface area contributed by atoms with E-state index in [0.29, 0.717) is 11.6 Å². The maximum Gasteiger partial charge on any atom is 0.130 e. The molecule has 20 heavy (non-hydrogen) atoms. The SMILES string of the molecule is CCCn1cncc1COc1ccc(Cl)cc1[C@H](C)N. The number of ether oxygens (including phenoxy) is 1. The average molecular weight is 294 g/mol. The number of imidazole rings is 1. The van der Waals surface area contributed by atoms with E-state index in [-0.39, 0.29) is 6.04 Å². The summed E-state index contributed by atoms with van der Waals surface area (Å²) in [5.41, 5.74) is 7.92. The molecule has 0 radical (unpaired) electrons. The molecule has 108 valence electrons. The smallest absolute Gasteiger partial charge is 0.130 e. The molecule has 2 rings (SSSR count). The van der Waals surface area contributed by atoms with Crippen molar-refractivity contribution in [2.45, 2.75) is 39.5 Å². The highest BCUT2D eigenvalue weighted by Crippen LogP contribution is 2.27. The third-order valence-corrected chi connectivity index (χ3v) is 3.34. The van der Waals surface area contributed by atoms with Crippen LogP contribution in [0.25, 0.3) is 0 Å². The molecule has 2 aromatic rings. The lowest BCUT2D eigenvalue weighted by atomic mass is 10.1. The quantitative estimate of drug-likeness (QED) is 0.886. The highest BCUT2D eigenvalue weighted by molar-refractivity contribution is 6.30. The van der Waals surface area contributed by atoms with E-state index in [1.165, 1.54) is 0 Å². The van der Waals surface area contributed by atoms with Gasteiger partial charge in [-0.3, -0.25) is 0 Å². The Morgan fingerprint density at radius 3 is 2.95 bits per heavy atom. The molecule has 0 aliphatic heterocycles. The van der Waals surface area contributed by atoms with Gasteiger partial charge in [-0.15, -0.1) is 0 Å². The summed E-state index contributed by atoms with van der Waals surface area (Å²) in [5.74, 6) is 0.772. The van der Waals surface area contributed by atoms with Gasteiger partial charge in [-0.2, -0.15) is 0 Å². The molecule has 0 amide bonds. The summed E-state index contributed by atoms with van der Waals surface area (Å²) in [4.78, 5) is 4.16. The highest BCUT2D eigenvalue weighted by Gasteiger charge is 2.10. The first-order valence-electron chi connectivity index (χ1n) is 6.78. The Bertz CT molecular complexity index is 566. The van der Waals surface area contributed by atoms with Gasteiger partial charge in [0.2, 0.25) is 0 Å². The molecule has 0 spiro atoms. The fourth-order valence-electron chi connectivity index (χ4n) is 2.07. The normalized spacial score (nSPS) is 12.4. The summed E-state index contributed by atoms with van der Waals surface area (Å²) in [5, 5.41) is 0.667. The van der Waals surface area contributed by atoms with Crippen molar-refractivity contribution in [2.75, 3.05) is 0 Å². The average Bonchev–Trinajstić information content (AvgIpc) is 2.85. The lowest BCUT2D eigenvalue weighted by Crippen LogP contribution is -2.10. The molecule has 1 aromatic heterocycles. The van der Waals surface area contributed by atoms with Crippen LogP contribution in [0.4, 0.5) is 0 Å². The summed E-state index contributed by atoms with van der Waals surface area (Å²) in [6.45, 7) is 5.47. The molecule has 0 unspecified atom stereocenters.